The zero-order valence-electron chi connectivity index (χ0n) is 20.9. The minimum absolute atomic E-state index is 0.0509. The van der Waals surface area contributed by atoms with Crippen molar-refractivity contribution in [3.63, 3.8) is 0 Å². The van der Waals surface area contributed by atoms with Gasteiger partial charge in [-0.1, -0.05) is 42.3 Å². The molecule has 0 aliphatic carbocycles. The Morgan fingerprint density at radius 1 is 1.00 bits per heavy atom. The van der Waals surface area contributed by atoms with E-state index in [1.807, 2.05) is 33.8 Å². The number of carbonyl (C=O) groups is 2. The number of hydrogen-bond donors (Lipinski definition) is 1. The molecule has 0 saturated carbocycles. The van der Waals surface area contributed by atoms with Gasteiger partial charge in [0.05, 0.1) is 22.0 Å². The molecule has 2 amide bonds. The van der Waals surface area contributed by atoms with E-state index in [0.717, 1.165) is 28.1 Å². The van der Waals surface area contributed by atoms with Gasteiger partial charge in [-0.3, -0.25) is 13.9 Å². The lowest BCUT2D eigenvalue weighted by molar-refractivity contribution is -0.139. The molecule has 0 heterocycles. The standard InChI is InChI=1S/C25H33Cl2N3O4S/c1-7-18(4)28-25(32)19(5)29(14-20-8-9-22(26)23(27)13-20)24(31)15-30(35(6,33)34)21-11-16(2)10-17(3)12-21/h8-13,18-19H,7,14-15H2,1-6H3,(H,28,32). The van der Waals surface area contributed by atoms with Gasteiger partial charge in [-0.2, -0.15) is 0 Å². The number of halogens is 2. The van der Waals surface area contributed by atoms with Gasteiger partial charge in [0.25, 0.3) is 0 Å². The molecule has 7 nitrogen and oxygen atoms in total. The molecule has 0 radical (unpaired) electrons. The summed E-state index contributed by atoms with van der Waals surface area (Å²) in [6.45, 7) is 8.75. The van der Waals surface area contributed by atoms with E-state index in [4.69, 9.17) is 23.2 Å². The smallest absolute Gasteiger partial charge is 0.244 e. The Kier molecular flexibility index (Phi) is 10.0. The maximum Gasteiger partial charge on any atom is 0.244 e. The third kappa shape index (κ3) is 8.12. The first-order valence-corrected chi connectivity index (χ1v) is 13.9. The van der Waals surface area contributed by atoms with Crippen LogP contribution in [0.2, 0.25) is 10.0 Å². The van der Waals surface area contributed by atoms with Crippen LogP contribution in [0.5, 0.6) is 0 Å². The van der Waals surface area contributed by atoms with Crippen molar-refractivity contribution in [2.75, 3.05) is 17.1 Å². The van der Waals surface area contributed by atoms with Gasteiger partial charge >= 0.3 is 0 Å². The second-order valence-corrected chi connectivity index (χ2v) is 11.6. The average molecular weight is 543 g/mol. The molecule has 2 aromatic carbocycles. The van der Waals surface area contributed by atoms with Crippen LogP contribution in [-0.4, -0.2) is 50.0 Å². The SMILES string of the molecule is CCC(C)NC(=O)C(C)N(Cc1ccc(Cl)c(Cl)c1)C(=O)CN(c1cc(C)cc(C)c1)S(C)(=O)=O. The molecule has 0 fully saturated rings. The second-order valence-electron chi connectivity index (χ2n) is 8.88. The number of hydrogen-bond acceptors (Lipinski definition) is 4. The zero-order chi connectivity index (χ0) is 26.5. The van der Waals surface area contributed by atoms with Gasteiger partial charge in [0.2, 0.25) is 21.8 Å². The van der Waals surface area contributed by atoms with Crippen molar-refractivity contribution in [2.45, 2.75) is 59.7 Å². The first-order chi connectivity index (χ1) is 16.2. The first kappa shape index (κ1) is 28.9. The summed E-state index contributed by atoms with van der Waals surface area (Å²) in [4.78, 5) is 27.9. The predicted molar refractivity (Wildman–Crippen MR) is 142 cm³/mol. The van der Waals surface area contributed by atoms with Crippen molar-refractivity contribution in [3.8, 4) is 0 Å². The first-order valence-electron chi connectivity index (χ1n) is 11.3. The van der Waals surface area contributed by atoms with Gasteiger partial charge in [0.1, 0.15) is 12.6 Å². The lowest BCUT2D eigenvalue weighted by Crippen LogP contribution is -2.52. The van der Waals surface area contributed by atoms with Crippen LogP contribution in [0.4, 0.5) is 5.69 Å². The summed E-state index contributed by atoms with van der Waals surface area (Å²) >= 11 is 12.2. The van der Waals surface area contributed by atoms with Crippen molar-refractivity contribution in [1.82, 2.24) is 10.2 Å². The normalized spacial score (nSPS) is 13.1. The Morgan fingerprint density at radius 2 is 1.60 bits per heavy atom. The second kappa shape index (κ2) is 12.1. The molecular weight excluding hydrogens is 509 g/mol. The van der Waals surface area contributed by atoms with Gasteiger partial charge < -0.3 is 10.2 Å². The summed E-state index contributed by atoms with van der Waals surface area (Å²) in [6.07, 6.45) is 1.79. The van der Waals surface area contributed by atoms with E-state index in [1.165, 1.54) is 4.90 Å². The number of rotatable bonds is 10. The highest BCUT2D eigenvalue weighted by Crippen LogP contribution is 2.25. The van der Waals surface area contributed by atoms with Crippen molar-refractivity contribution in [3.05, 3.63) is 63.1 Å². The van der Waals surface area contributed by atoms with Crippen LogP contribution < -0.4 is 9.62 Å². The average Bonchev–Trinajstić information content (AvgIpc) is 2.75. The molecule has 2 rings (SSSR count). The Hall–Kier alpha value is -2.29. The largest absolute Gasteiger partial charge is 0.352 e. The molecule has 0 saturated heterocycles. The van der Waals surface area contributed by atoms with E-state index < -0.39 is 28.5 Å². The van der Waals surface area contributed by atoms with E-state index in [0.29, 0.717) is 21.3 Å². The fourth-order valence-corrected chi connectivity index (χ4v) is 4.75. The molecule has 0 aliphatic heterocycles. The van der Waals surface area contributed by atoms with Crippen LogP contribution in [0.15, 0.2) is 36.4 Å². The van der Waals surface area contributed by atoms with E-state index in [-0.39, 0.29) is 18.5 Å². The topological polar surface area (TPSA) is 86.8 Å². The van der Waals surface area contributed by atoms with Crippen molar-refractivity contribution >= 4 is 50.7 Å². The minimum Gasteiger partial charge on any atom is -0.352 e. The summed E-state index contributed by atoms with van der Waals surface area (Å²) in [5, 5.41) is 3.58. The number of nitrogens with zero attached hydrogens (tertiary/aromatic N) is 2. The van der Waals surface area contributed by atoms with E-state index >= 15 is 0 Å². The van der Waals surface area contributed by atoms with Crippen molar-refractivity contribution in [2.24, 2.45) is 0 Å². The number of aryl methyl sites for hydroxylation is 2. The number of anilines is 1. The van der Waals surface area contributed by atoms with Crippen LogP contribution >= 0.6 is 23.2 Å². The number of sulfonamides is 1. The van der Waals surface area contributed by atoms with Crippen LogP contribution in [0, 0.1) is 13.8 Å². The molecule has 10 heteroatoms. The van der Waals surface area contributed by atoms with Crippen molar-refractivity contribution < 1.29 is 18.0 Å². The maximum absolute atomic E-state index is 13.6. The maximum atomic E-state index is 13.6. The number of amides is 2. The number of nitrogens with one attached hydrogen (secondary N) is 1. The van der Waals surface area contributed by atoms with Gasteiger partial charge in [0.15, 0.2) is 0 Å². The summed E-state index contributed by atoms with van der Waals surface area (Å²) in [5.41, 5.74) is 2.79. The third-order valence-corrected chi connectivity index (χ3v) is 7.56. The van der Waals surface area contributed by atoms with E-state index in [9.17, 15) is 18.0 Å². The molecule has 0 spiro atoms. The molecule has 192 valence electrons. The molecule has 0 bridgehead atoms. The van der Waals surface area contributed by atoms with Crippen LogP contribution in [0.1, 0.15) is 43.9 Å². The van der Waals surface area contributed by atoms with E-state index in [2.05, 4.69) is 5.32 Å². The molecule has 2 atom stereocenters. The highest BCUT2D eigenvalue weighted by atomic mass is 35.5. The highest BCUT2D eigenvalue weighted by Gasteiger charge is 2.30. The molecule has 2 aromatic rings. The number of benzene rings is 2. The quantitative estimate of drug-likeness (QED) is 0.471. The molecule has 2 unspecified atom stereocenters. The zero-order valence-corrected chi connectivity index (χ0v) is 23.3. The molecule has 1 N–H and O–H groups in total. The predicted octanol–water partition coefficient (Wildman–Crippen LogP) is 4.71. The lowest BCUT2D eigenvalue weighted by Gasteiger charge is -2.32. The van der Waals surface area contributed by atoms with Gasteiger partial charge in [-0.25, -0.2) is 8.42 Å². The molecule has 35 heavy (non-hydrogen) atoms. The Morgan fingerprint density at radius 3 is 2.11 bits per heavy atom. The monoisotopic (exact) mass is 541 g/mol. The van der Waals surface area contributed by atoms with Gasteiger partial charge in [0, 0.05) is 12.6 Å². The third-order valence-electron chi connectivity index (χ3n) is 5.68. The van der Waals surface area contributed by atoms with Crippen molar-refractivity contribution in [1.29, 1.82) is 0 Å². The molecule has 0 aliphatic rings. The van der Waals surface area contributed by atoms with Gasteiger partial charge in [-0.05, 0) is 75.1 Å². The summed E-state index contributed by atoms with van der Waals surface area (Å²) < 4.78 is 26.4. The fraction of sp³-hybridized carbons (Fsp3) is 0.440. The molecule has 0 aromatic heterocycles. The highest BCUT2D eigenvalue weighted by molar-refractivity contribution is 7.92. The van der Waals surface area contributed by atoms with Crippen LogP contribution in [-0.2, 0) is 26.2 Å². The van der Waals surface area contributed by atoms with Crippen LogP contribution in [0.3, 0.4) is 0 Å². The molecular formula is C25H33Cl2N3O4S. The Labute approximate surface area is 218 Å². The fourth-order valence-electron chi connectivity index (χ4n) is 3.59. The Balaban J connectivity index is 2.44. The van der Waals surface area contributed by atoms with Crippen LogP contribution in [0.25, 0.3) is 0 Å². The number of carbonyl (C=O) groups excluding carboxylic acids is 2. The summed E-state index contributed by atoms with van der Waals surface area (Å²) in [6, 6.07) is 9.37. The Bertz CT molecular complexity index is 1170. The summed E-state index contributed by atoms with van der Waals surface area (Å²) in [5.74, 6) is -0.850. The van der Waals surface area contributed by atoms with Gasteiger partial charge in [-0.15, -0.1) is 0 Å². The summed E-state index contributed by atoms with van der Waals surface area (Å²) in [7, 11) is -3.79. The lowest BCUT2D eigenvalue weighted by atomic mass is 10.1. The minimum atomic E-state index is -3.79. The van der Waals surface area contributed by atoms with E-state index in [1.54, 1.807) is 37.3 Å².